The monoisotopic (exact) mass is 286 g/mol. The van der Waals surface area contributed by atoms with E-state index in [-0.39, 0.29) is 13.4 Å². The quantitative estimate of drug-likeness (QED) is 0.929. The zero-order valence-corrected chi connectivity index (χ0v) is 11.0. The molecule has 2 rings (SSSR count). The van der Waals surface area contributed by atoms with Gasteiger partial charge in [-0.25, -0.2) is 0 Å². The average molecular weight is 287 g/mol. The Labute approximate surface area is 104 Å². The molecule has 0 amide bonds. The highest BCUT2D eigenvalue weighted by Gasteiger charge is 2.23. The molecular weight excluding hydrogens is 272 g/mol. The molecule has 1 aliphatic rings. The highest BCUT2D eigenvalue weighted by Crippen LogP contribution is 2.45. The van der Waals surface area contributed by atoms with Crippen LogP contribution in [0, 0.1) is 0 Å². The van der Waals surface area contributed by atoms with Crippen LogP contribution in [-0.2, 0) is 6.42 Å². The number of halogens is 1. The van der Waals surface area contributed by atoms with Crippen molar-refractivity contribution in [3.05, 3.63) is 21.7 Å². The molecule has 0 radical (unpaired) electrons. The lowest BCUT2D eigenvalue weighted by molar-refractivity contribution is 0.173. The van der Waals surface area contributed by atoms with Crippen molar-refractivity contribution >= 4 is 15.9 Å². The predicted molar refractivity (Wildman–Crippen MR) is 65.1 cm³/mol. The number of hydrogen-bond acceptors (Lipinski definition) is 3. The molecule has 0 unspecified atom stereocenters. The average Bonchev–Trinajstić information content (AvgIpc) is 2.65. The molecule has 0 aliphatic carbocycles. The minimum absolute atomic E-state index is 0.145. The van der Waals surface area contributed by atoms with Crippen molar-refractivity contribution in [2.24, 2.45) is 0 Å². The summed E-state index contributed by atoms with van der Waals surface area (Å²) in [5.74, 6) is 1.93. The van der Waals surface area contributed by atoms with Crippen LogP contribution < -0.4 is 9.47 Å². The highest BCUT2D eigenvalue weighted by atomic mass is 79.9. The van der Waals surface area contributed by atoms with E-state index in [1.165, 1.54) is 5.56 Å². The SMILES string of the molecule is CC(C)c1c(CCO)cc2c(c1Br)OCO2. The Hall–Kier alpha value is -0.740. The fourth-order valence-corrected chi connectivity index (χ4v) is 3.04. The molecule has 16 heavy (non-hydrogen) atoms. The Morgan fingerprint density at radius 2 is 2.19 bits per heavy atom. The van der Waals surface area contributed by atoms with Gasteiger partial charge in [-0.3, -0.25) is 0 Å². The van der Waals surface area contributed by atoms with Crippen molar-refractivity contribution in [1.29, 1.82) is 0 Å². The first-order chi connectivity index (χ1) is 7.65. The summed E-state index contributed by atoms with van der Waals surface area (Å²) in [6.07, 6.45) is 0.642. The Balaban J connectivity index is 2.55. The summed E-state index contributed by atoms with van der Waals surface area (Å²) < 4.78 is 11.7. The van der Waals surface area contributed by atoms with E-state index in [4.69, 9.17) is 14.6 Å². The van der Waals surface area contributed by atoms with Gasteiger partial charge in [0.1, 0.15) is 0 Å². The highest BCUT2D eigenvalue weighted by molar-refractivity contribution is 9.10. The molecule has 0 saturated heterocycles. The number of ether oxygens (including phenoxy) is 2. The van der Waals surface area contributed by atoms with Crippen molar-refractivity contribution in [3.63, 3.8) is 0 Å². The molecule has 0 atom stereocenters. The largest absolute Gasteiger partial charge is 0.454 e. The third kappa shape index (κ3) is 1.92. The van der Waals surface area contributed by atoms with Gasteiger partial charge in [0.15, 0.2) is 11.5 Å². The number of rotatable bonds is 3. The van der Waals surface area contributed by atoms with Gasteiger partial charge in [0, 0.05) is 6.61 Å². The molecule has 0 saturated carbocycles. The van der Waals surface area contributed by atoms with Gasteiger partial charge in [-0.1, -0.05) is 13.8 Å². The first kappa shape index (κ1) is 11.7. The lowest BCUT2D eigenvalue weighted by atomic mass is 9.95. The summed E-state index contributed by atoms with van der Waals surface area (Å²) in [6.45, 7) is 4.67. The minimum atomic E-state index is 0.145. The standard InChI is InChI=1S/C12H15BrO3/c1-7(2)10-8(3-4-14)5-9-12(11(10)13)16-6-15-9/h5,7,14H,3-4,6H2,1-2H3. The molecule has 1 aromatic carbocycles. The lowest BCUT2D eigenvalue weighted by Gasteiger charge is -2.16. The van der Waals surface area contributed by atoms with Gasteiger partial charge in [0.25, 0.3) is 0 Å². The van der Waals surface area contributed by atoms with Crippen molar-refractivity contribution in [2.45, 2.75) is 26.2 Å². The van der Waals surface area contributed by atoms with Gasteiger partial charge >= 0.3 is 0 Å². The molecule has 0 spiro atoms. The van der Waals surface area contributed by atoms with E-state index in [2.05, 4.69) is 29.8 Å². The summed E-state index contributed by atoms with van der Waals surface area (Å²) >= 11 is 3.57. The van der Waals surface area contributed by atoms with Crippen molar-refractivity contribution in [3.8, 4) is 11.5 Å². The summed E-state index contributed by atoms with van der Waals surface area (Å²) in [7, 11) is 0. The van der Waals surface area contributed by atoms with E-state index in [1.807, 2.05) is 6.07 Å². The summed E-state index contributed by atoms with van der Waals surface area (Å²) in [5, 5.41) is 9.08. The second-order valence-electron chi connectivity index (χ2n) is 4.13. The van der Waals surface area contributed by atoms with Crippen molar-refractivity contribution < 1.29 is 14.6 Å². The zero-order valence-electron chi connectivity index (χ0n) is 9.42. The molecule has 4 heteroatoms. The molecule has 1 aromatic rings. The summed E-state index contributed by atoms with van der Waals surface area (Å²) in [5.41, 5.74) is 2.31. The van der Waals surface area contributed by atoms with Crippen molar-refractivity contribution in [2.75, 3.05) is 13.4 Å². The molecular formula is C12H15BrO3. The van der Waals surface area contributed by atoms with Crippen LogP contribution in [-0.4, -0.2) is 18.5 Å². The maximum absolute atomic E-state index is 9.08. The first-order valence-corrected chi connectivity index (χ1v) is 6.16. The molecule has 0 fully saturated rings. The Bertz CT molecular complexity index is 402. The molecule has 1 N–H and O–H groups in total. The number of aliphatic hydroxyl groups excluding tert-OH is 1. The Morgan fingerprint density at radius 1 is 1.44 bits per heavy atom. The first-order valence-electron chi connectivity index (χ1n) is 5.37. The molecule has 1 heterocycles. The lowest BCUT2D eigenvalue weighted by Crippen LogP contribution is -2.01. The molecule has 1 aliphatic heterocycles. The Kier molecular flexibility index (Phi) is 3.40. The smallest absolute Gasteiger partial charge is 0.231 e. The van der Waals surface area contributed by atoms with E-state index in [1.54, 1.807) is 0 Å². The van der Waals surface area contributed by atoms with Gasteiger partial charge < -0.3 is 14.6 Å². The van der Waals surface area contributed by atoms with Gasteiger partial charge in [-0.2, -0.15) is 0 Å². The van der Waals surface area contributed by atoms with E-state index in [0.29, 0.717) is 12.3 Å². The molecule has 88 valence electrons. The van der Waals surface area contributed by atoms with Crippen molar-refractivity contribution in [1.82, 2.24) is 0 Å². The minimum Gasteiger partial charge on any atom is -0.454 e. The third-order valence-corrected chi connectivity index (χ3v) is 3.47. The van der Waals surface area contributed by atoms with Crippen LogP contribution in [0.5, 0.6) is 11.5 Å². The number of benzene rings is 1. The van der Waals surface area contributed by atoms with Gasteiger partial charge in [-0.05, 0) is 45.5 Å². The van der Waals surface area contributed by atoms with Crippen LogP contribution in [0.25, 0.3) is 0 Å². The second kappa shape index (κ2) is 4.63. The van der Waals surface area contributed by atoms with Crippen LogP contribution >= 0.6 is 15.9 Å². The van der Waals surface area contributed by atoms with Gasteiger partial charge in [0.2, 0.25) is 6.79 Å². The van der Waals surface area contributed by atoms with Crippen LogP contribution in [0.2, 0.25) is 0 Å². The molecule has 0 aromatic heterocycles. The number of fused-ring (bicyclic) bond motifs is 1. The maximum atomic E-state index is 9.08. The zero-order chi connectivity index (χ0) is 11.7. The topological polar surface area (TPSA) is 38.7 Å². The van der Waals surface area contributed by atoms with Gasteiger partial charge in [-0.15, -0.1) is 0 Å². The summed E-state index contributed by atoms with van der Waals surface area (Å²) in [6, 6.07) is 1.97. The van der Waals surface area contributed by atoms with Crippen LogP contribution in [0.4, 0.5) is 0 Å². The van der Waals surface area contributed by atoms with E-state index in [0.717, 1.165) is 21.5 Å². The molecule has 3 nitrogen and oxygen atoms in total. The van der Waals surface area contributed by atoms with Gasteiger partial charge in [0.05, 0.1) is 4.47 Å². The Morgan fingerprint density at radius 3 is 2.81 bits per heavy atom. The number of hydrogen-bond donors (Lipinski definition) is 1. The fourth-order valence-electron chi connectivity index (χ4n) is 2.02. The molecule has 0 bridgehead atoms. The maximum Gasteiger partial charge on any atom is 0.231 e. The normalized spacial score (nSPS) is 13.6. The second-order valence-corrected chi connectivity index (χ2v) is 4.92. The summed E-state index contributed by atoms with van der Waals surface area (Å²) in [4.78, 5) is 0. The third-order valence-electron chi connectivity index (χ3n) is 2.69. The van der Waals surface area contributed by atoms with Crippen LogP contribution in [0.3, 0.4) is 0 Å². The van der Waals surface area contributed by atoms with Crippen LogP contribution in [0.1, 0.15) is 30.9 Å². The van der Waals surface area contributed by atoms with E-state index < -0.39 is 0 Å². The van der Waals surface area contributed by atoms with E-state index in [9.17, 15) is 0 Å². The predicted octanol–water partition coefficient (Wildman–Crippen LogP) is 2.84. The van der Waals surface area contributed by atoms with Crippen LogP contribution in [0.15, 0.2) is 10.5 Å². The van der Waals surface area contributed by atoms with E-state index >= 15 is 0 Å². The fraction of sp³-hybridized carbons (Fsp3) is 0.500. The number of aliphatic hydroxyl groups is 1.